The maximum absolute atomic E-state index is 11.9. The second-order valence-electron chi connectivity index (χ2n) is 3.54. The van der Waals surface area contributed by atoms with Gasteiger partial charge >= 0.3 is 0 Å². The van der Waals surface area contributed by atoms with Crippen LogP contribution >= 0.6 is 27.5 Å². The molecule has 0 amide bonds. The lowest BCUT2D eigenvalue weighted by Gasteiger charge is -2.05. The molecule has 2 rings (SSSR count). The highest BCUT2D eigenvalue weighted by molar-refractivity contribution is 9.10. The molecule has 2 heterocycles. The van der Waals surface area contributed by atoms with E-state index in [1.54, 1.807) is 7.05 Å². The SMILES string of the molecule is CNc1snnc1Cn1cc([N+](=O)[O-])cc(Br)c1=O. The highest BCUT2D eigenvalue weighted by Crippen LogP contribution is 2.19. The van der Waals surface area contributed by atoms with Crippen molar-refractivity contribution in [3.05, 3.63) is 42.9 Å². The van der Waals surface area contributed by atoms with Gasteiger partial charge in [0, 0.05) is 24.6 Å². The Bertz CT molecular complexity index is 683. The van der Waals surface area contributed by atoms with Crippen LogP contribution in [0.4, 0.5) is 10.7 Å². The third kappa shape index (κ3) is 2.79. The van der Waals surface area contributed by atoms with E-state index in [2.05, 4.69) is 30.8 Å². The highest BCUT2D eigenvalue weighted by atomic mass is 79.9. The average molecular weight is 346 g/mol. The predicted molar refractivity (Wildman–Crippen MR) is 73.6 cm³/mol. The summed E-state index contributed by atoms with van der Waals surface area (Å²) in [7, 11) is 1.71. The molecule has 0 radical (unpaired) electrons. The van der Waals surface area contributed by atoms with Gasteiger partial charge in [-0.05, 0) is 15.9 Å². The van der Waals surface area contributed by atoms with E-state index in [-0.39, 0.29) is 22.3 Å². The number of pyridine rings is 1. The summed E-state index contributed by atoms with van der Waals surface area (Å²) >= 11 is 4.17. The number of aromatic nitrogens is 3. The Morgan fingerprint density at radius 1 is 1.63 bits per heavy atom. The fourth-order valence-electron chi connectivity index (χ4n) is 1.46. The van der Waals surface area contributed by atoms with Crippen LogP contribution in [-0.2, 0) is 6.54 Å². The third-order valence-electron chi connectivity index (χ3n) is 2.34. The molecule has 0 fully saturated rings. The van der Waals surface area contributed by atoms with Crippen molar-refractivity contribution in [3.63, 3.8) is 0 Å². The molecule has 100 valence electrons. The Morgan fingerprint density at radius 2 is 2.37 bits per heavy atom. The first-order chi connectivity index (χ1) is 9.02. The fourth-order valence-corrected chi connectivity index (χ4v) is 2.45. The summed E-state index contributed by atoms with van der Waals surface area (Å²) in [5.74, 6) is 0. The van der Waals surface area contributed by atoms with E-state index in [1.165, 1.54) is 16.8 Å². The first-order valence-corrected chi connectivity index (χ1v) is 6.63. The third-order valence-corrected chi connectivity index (χ3v) is 3.70. The molecule has 0 aromatic carbocycles. The van der Waals surface area contributed by atoms with Gasteiger partial charge < -0.3 is 9.88 Å². The van der Waals surface area contributed by atoms with E-state index in [4.69, 9.17) is 0 Å². The molecule has 0 aliphatic carbocycles. The van der Waals surface area contributed by atoms with Crippen LogP contribution in [0.3, 0.4) is 0 Å². The maximum atomic E-state index is 11.9. The molecule has 8 nitrogen and oxygen atoms in total. The lowest BCUT2D eigenvalue weighted by Crippen LogP contribution is -2.21. The first kappa shape index (κ1) is 13.6. The Balaban J connectivity index is 2.45. The zero-order valence-electron chi connectivity index (χ0n) is 9.66. The molecular formula is C9H8BrN5O3S. The summed E-state index contributed by atoms with van der Waals surface area (Å²) < 4.78 is 5.12. The Hall–Kier alpha value is -1.81. The average Bonchev–Trinajstić information content (AvgIpc) is 2.81. The van der Waals surface area contributed by atoms with Gasteiger partial charge in [-0.3, -0.25) is 14.9 Å². The van der Waals surface area contributed by atoms with Crippen molar-refractivity contribution in [2.24, 2.45) is 0 Å². The zero-order valence-corrected chi connectivity index (χ0v) is 12.1. The lowest BCUT2D eigenvalue weighted by molar-refractivity contribution is -0.385. The van der Waals surface area contributed by atoms with Crippen LogP contribution in [0.5, 0.6) is 0 Å². The molecule has 0 spiro atoms. The number of nitrogens with zero attached hydrogens (tertiary/aromatic N) is 4. The molecule has 0 saturated heterocycles. The predicted octanol–water partition coefficient (Wildman–Crippen LogP) is 1.46. The molecule has 2 aromatic rings. The molecular weight excluding hydrogens is 338 g/mol. The van der Waals surface area contributed by atoms with Crippen LogP contribution in [0.2, 0.25) is 0 Å². The van der Waals surface area contributed by atoms with Gasteiger partial charge in [-0.1, -0.05) is 4.49 Å². The molecule has 0 atom stereocenters. The number of hydrogen-bond acceptors (Lipinski definition) is 7. The van der Waals surface area contributed by atoms with Crippen molar-refractivity contribution in [2.75, 3.05) is 12.4 Å². The standard InChI is InChI=1S/C9H8BrN5O3S/c1-11-8-7(12-13-19-8)4-14-3-5(15(17)18)2-6(10)9(14)16/h2-3,11H,4H2,1H3. The minimum Gasteiger partial charge on any atom is -0.377 e. The summed E-state index contributed by atoms with van der Waals surface area (Å²) in [5.41, 5.74) is 0.0309. The van der Waals surface area contributed by atoms with Crippen molar-refractivity contribution >= 4 is 38.2 Å². The van der Waals surface area contributed by atoms with Crippen molar-refractivity contribution in [2.45, 2.75) is 6.54 Å². The molecule has 0 unspecified atom stereocenters. The molecule has 19 heavy (non-hydrogen) atoms. The van der Waals surface area contributed by atoms with Crippen LogP contribution in [-0.4, -0.2) is 26.1 Å². The summed E-state index contributed by atoms with van der Waals surface area (Å²) in [4.78, 5) is 22.1. The van der Waals surface area contributed by atoms with Crippen molar-refractivity contribution in [3.8, 4) is 0 Å². The van der Waals surface area contributed by atoms with Gasteiger partial charge in [0.2, 0.25) is 0 Å². The van der Waals surface area contributed by atoms with Crippen molar-refractivity contribution < 1.29 is 4.92 Å². The van der Waals surface area contributed by atoms with E-state index < -0.39 is 4.92 Å². The Labute approximate surface area is 119 Å². The van der Waals surface area contributed by atoms with Gasteiger partial charge in [-0.25, -0.2) is 0 Å². The number of halogens is 1. The summed E-state index contributed by atoms with van der Waals surface area (Å²) in [6.07, 6.45) is 1.19. The van der Waals surface area contributed by atoms with Crippen molar-refractivity contribution in [1.29, 1.82) is 0 Å². The number of nitro groups is 1. The molecule has 0 aliphatic rings. The highest BCUT2D eigenvalue weighted by Gasteiger charge is 2.14. The number of hydrogen-bond donors (Lipinski definition) is 1. The van der Waals surface area contributed by atoms with Crippen LogP contribution in [0.25, 0.3) is 0 Å². The van der Waals surface area contributed by atoms with Gasteiger partial charge in [0.05, 0.1) is 22.1 Å². The molecule has 0 bridgehead atoms. The van der Waals surface area contributed by atoms with Gasteiger partial charge in [-0.15, -0.1) is 5.10 Å². The van der Waals surface area contributed by atoms with E-state index in [9.17, 15) is 14.9 Å². The zero-order chi connectivity index (χ0) is 14.0. The van der Waals surface area contributed by atoms with Gasteiger partial charge in [0.1, 0.15) is 10.7 Å². The van der Waals surface area contributed by atoms with Gasteiger partial charge in [0.15, 0.2) is 0 Å². The minimum atomic E-state index is -0.557. The normalized spacial score (nSPS) is 10.4. The fraction of sp³-hybridized carbons (Fsp3) is 0.222. The molecule has 2 aromatic heterocycles. The minimum absolute atomic E-state index is 0.117. The second-order valence-corrected chi connectivity index (χ2v) is 5.14. The maximum Gasteiger partial charge on any atom is 0.286 e. The number of rotatable bonds is 4. The van der Waals surface area contributed by atoms with E-state index in [0.29, 0.717) is 5.69 Å². The topological polar surface area (TPSA) is 103 Å². The first-order valence-electron chi connectivity index (χ1n) is 5.06. The van der Waals surface area contributed by atoms with Gasteiger partial charge in [-0.2, -0.15) is 0 Å². The molecule has 10 heteroatoms. The van der Waals surface area contributed by atoms with E-state index in [1.807, 2.05) is 0 Å². The summed E-state index contributed by atoms with van der Waals surface area (Å²) in [6, 6.07) is 1.18. The number of anilines is 1. The molecule has 1 N–H and O–H groups in total. The molecule has 0 saturated carbocycles. The van der Waals surface area contributed by atoms with Crippen molar-refractivity contribution in [1.82, 2.24) is 14.2 Å². The summed E-state index contributed by atoms with van der Waals surface area (Å²) in [5, 5.41) is 18.3. The Kier molecular flexibility index (Phi) is 3.90. The quantitative estimate of drug-likeness (QED) is 0.664. The monoisotopic (exact) mass is 345 g/mol. The molecule has 0 aliphatic heterocycles. The van der Waals surface area contributed by atoms with Gasteiger partial charge in [0.25, 0.3) is 11.2 Å². The lowest BCUT2D eigenvalue weighted by atomic mass is 10.4. The van der Waals surface area contributed by atoms with Crippen LogP contribution in [0.15, 0.2) is 21.5 Å². The van der Waals surface area contributed by atoms with Crippen LogP contribution < -0.4 is 10.9 Å². The van der Waals surface area contributed by atoms with E-state index >= 15 is 0 Å². The van der Waals surface area contributed by atoms with Crippen LogP contribution in [0.1, 0.15) is 5.69 Å². The number of nitrogens with one attached hydrogen (secondary N) is 1. The van der Waals surface area contributed by atoms with Crippen LogP contribution in [0, 0.1) is 10.1 Å². The summed E-state index contributed by atoms with van der Waals surface area (Å²) in [6.45, 7) is 0.117. The Morgan fingerprint density at radius 3 is 3.00 bits per heavy atom. The largest absolute Gasteiger partial charge is 0.377 e. The smallest absolute Gasteiger partial charge is 0.286 e. The van der Waals surface area contributed by atoms with E-state index in [0.717, 1.165) is 16.5 Å². The second kappa shape index (κ2) is 5.45.